The Morgan fingerprint density at radius 1 is 1.20 bits per heavy atom. The molecule has 2 aromatic carbocycles. The predicted octanol–water partition coefficient (Wildman–Crippen LogP) is 3.51. The fraction of sp³-hybridized carbons (Fsp3) is 0.133. The summed E-state index contributed by atoms with van der Waals surface area (Å²) in [7, 11) is 0. The first kappa shape index (κ1) is 13.1. The number of halogens is 2. The SMILES string of the molecule is O=C1COc2c(Br)cccc2N1Cc1ccccc1F. The van der Waals surface area contributed by atoms with Crippen LogP contribution in [0.25, 0.3) is 0 Å². The smallest absolute Gasteiger partial charge is 0.265 e. The standard InChI is InChI=1S/C15H11BrFNO2/c16-11-5-3-7-13-15(11)20-9-14(19)18(13)8-10-4-1-2-6-12(10)17/h1-7H,8-9H2. The summed E-state index contributed by atoms with van der Waals surface area (Å²) in [5.41, 5.74) is 1.13. The molecule has 2 aromatic rings. The molecule has 1 heterocycles. The molecule has 1 aliphatic rings. The van der Waals surface area contributed by atoms with Gasteiger partial charge >= 0.3 is 0 Å². The molecule has 0 fully saturated rings. The number of amides is 1. The second kappa shape index (κ2) is 5.25. The second-order valence-corrected chi connectivity index (χ2v) is 5.30. The first-order chi connectivity index (χ1) is 9.66. The Balaban J connectivity index is 2.00. The minimum Gasteiger partial charge on any atom is -0.480 e. The molecule has 0 N–H and O–H groups in total. The summed E-state index contributed by atoms with van der Waals surface area (Å²) in [4.78, 5) is 13.6. The van der Waals surface area contributed by atoms with Crippen molar-refractivity contribution < 1.29 is 13.9 Å². The number of hydrogen-bond acceptors (Lipinski definition) is 2. The van der Waals surface area contributed by atoms with Gasteiger partial charge in [-0.15, -0.1) is 0 Å². The molecular formula is C15H11BrFNO2. The van der Waals surface area contributed by atoms with Crippen molar-refractivity contribution in [2.24, 2.45) is 0 Å². The predicted molar refractivity (Wildman–Crippen MR) is 77.2 cm³/mol. The summed E-state index contributed by atoms with van der Waals surface area (Å²) in [6, 6.07) is 11.9. The molecule has 0 unspecified atom stereocenters. The lowest BCUT2D eigenvalue weighted by Crippen LogP contribution is -2.38. The van der Waals surface area contributed by atoms with Crippen LogP contribution < -0.4 is 9.64 Å². The van der Waals surface area contributed by atoms with Crippen molar-refractivity contribution in [1.29, 1.82) is 0 Å². The number of carbonyl (C=O) groups is 1. The van der Waals surface area contributed by atoms with Crippen LogP contribution in [0, 0.1) is 5.82 Å². The largest absolute Gasteiger partial charge is 0.480 e. The third-order valence-electron chi connectivity index (χ3n) is 3.16. The number of ether oxygens (including phenoxy) is 1. The van der Waals surface area contributed by atoms with Crippen molar-refractivity contribution in [3.05, 3.63) is 58.3 Å². The quantitative estimate of drug-likeness (QED) is 0.840. The first-order valence-corrected chi connectivity index (χ1v) is 6.91. The number of fused-ring (bicyclic) bond motifs is 1. The Labute approximate surface area is 124 Å². The molecule has 3 nitrogen and oxygen atoms in total. The van der Waals surface area contributed by atoms with Crippen molar-refractivity contribution in [2.75, 3.05) is 11.5 Å². The zero-order chi connectivity index (χ0) is 14.1. The molecule has 0 aliphatic carbocycles. The summed E-state index contributed by atoms with van der Waals surface area (Å²) < 4.78 is 20.0. The maximum atomic E-state index is 13.7. The zero-order valence-electron chi connectivity index (χ0n) is 10.5. The molecule has 0 bridgehead atoms. The molecule has 5 heteroatoms. The van der Waals surface area contributed by atoms with Crippen LogP contribution in [0.3, 0.4) is 0 Å². The Bertz CT molecular complexity index is 675. The van der Waals surface area contributed by atoms with E-state index in [4.69, 9.17) is 4.74 Å². The third kappa shape index (κ3) is 2.29. The molecule has 1 amide bonds. The fourth-order valence-corrected chi connectivity index (χ4v) is 2.64. The highest BCUT2D eigenvalue weighted by Gasteiger charge is 2.27. The topological polar surface area (TPSA) is 29.5 Å². The first-order valence-electron chi connectivity index (χ1n) is 6.12. The van der Waals surface area contributed by atoms with E-state index in [1.165, 1.54) is 6.07 Å². The zero-order valence-corrected chi connectivity index (χ0v) is 12.1. The average Bonchev–Trinajstić information content (AvgIpc) is 2.44. The molecule has 0 atom stereocenters. The van der Waals surface area contributed by atoms with Crippen molar-refractivity contribution in [3.8, 4) is 5.75 Å². The van der Waals surface area contributed by atoms with E-state index in [9.17, 15) is 9.18 Å². The molecular weight excluding hydrogens is 325 g/mol. The molecule has 102 valence electrons. The van der Waals surface area contributed by atoms with E-state index in [0.29, 0.717) is 17.0 Å². The van der Waals surface area contributed by atoms with Crippen molar-refractivity contribution in [2.45, 2.75) is 6.54 Å². The number of carbonyl (C=O) groups excluding carboxylic acids is 1. The van der Waals surface area contributed by atoms with Gasteiger partial charge in [0.2, 0.25) is 0 Å². The number of rotatable bonds is 2. The molecule has 1 aliphatic heterocycles. The number of hydrogen-bond donors (Lipinski definition) is 0. The monoisotopic (exact) mass is 335 g/mol. The van der Waals surface area contributed by atoms with Gasteiger partial charge in [0.05, 0.1) is 16.7 Å². The van der Waals surface area contributed by atoms with E-state index >= 15 is 0 Å². The van der Waals surface area contributed by atoms with E-state index in [1.807, 2.05) is 12.1 Å². The summed E-state index contributed by atoms with van der Waals surface area (Å²) in [5, 5.41) is 0. The number of anilines is 1. The normalized spacial score (nSPS) is 13.9. The van der Waals surface area contributed by atoms with E-state index in [-0.39, 0.29) is 24.9 Å². The maximum Gasteiger partial charge on any atom is 0.265 e. The van der Waals surface area contributed by atoms with Crippen LogP contribution in [-0.2, 0) is 11.3 Å². The van der Waals surface area contributed by atoms with E-state index in [0.717, 1.165) is 4.47 Å². The van der Waals surface area contributed by atoms with Gasteiger partial charge < -0.3 is 9.64 Å². The van der Waals surface area contributed by atoms with Gasteiger partial charge in [0.15, 0.2) is 12.4 Å². The summed E-state index contributed by atoms with van der Waals surface area (Å²) in [6.45, 7) is 0.155. The summed E-state index contributed by atoms with van der Waals surface area (Å²) in [5.74, 6) is 0.116. The second-order valence-electron chi connectivity index (χ2n) is 4.45. The Kier molecular flexibility index (Phi) is 3.44. The molecule has 3 rings (SSSR count). The molecule has 0 saturated heterocycles. The van der Waals surface area contributed by atoms with Crippen molar-refractivity contribution >= 4 is 27.5 Å². The van der Waals surface area contributed by atoms with Crippen LogP contribution in [0.15, 0.2) is 46.9 Å². The van der Waals surface area contributed by atoms with E-state index in [2.05, 4.69) is 15.9 Å². The Morgan fingerprint density at radius 2 is 2.00 bits per heavy atom. The molecule has 20 heavy (non-hydrogen) atoms. The summed E-state index contributed by atoms with van der Waals surface area (Å²) >= 11 is 3.39. The highest BCUT2D eigenvalue weighted by molar-refractivity contribution is 9.10. The molecule has 0 spiro atoms. The Morgan fingerprint density at radius 3 is 2.80 bits per heavy atom. The summed E-state index contributed by atoms with van der Waals surface area (Å²) in [6.07, 6.45) is 0. The van der Waals surface area contributed by atoms with Gasteiger partial charge in [0.25, 0.3) is 5.91 Å². The highest BCUT2D eigenvalue weighted by Crippen LogP contribution is 2.39. The van der Waals surface area contributed by atoms with Gasteiger partial charge in [-0.25, -0.2) is 4.39 Å². The van der Waals surface area contributed by atoms with Gasteiger partial charge in [-0.3, -0.25) is 4.79 Å². The lowest BCUT2D eigenvalue weighted by Gasteiger charge is -2.30. The number of nitrogens with zero attached hydrogens (tertiary/aromatic N) is 1. The van der Waals surface area contributed by atoms with Gasteiger partial charge in [0.1, 0.15) is 5.82 Å². The third-order valence-corrected chi connectivity index (χ3v) is 3.79. The number of para-hydroxylation sites is 1. The molecule has 0 radical (unpaired) electrons. The van der Waals surface area contributed by atoms with Crippen LogP contribution in [0.2, 0.25) is 0 Å². The van der Waals surface area contributed by atoms with Gasteiger partial charge in [-0.05, 0) is 34.1 Å². The maximum absolute atomic E-state index is 13.7. The highest BCUT2D eigenvalue weighted by atomic mass is 79.9. The van der Waals surface area contributed by atoms with E-state index < -0.39 is 0 Å². The Hall–Kier alpha value is -1.88. The lowest BCUT2D eigenvalue weighted by molar-refractivity contribution is -0.121. The van der Waals surface area contributed by atoms with Crippen molar-refractivity contribution in [1.82, 2.24) is 0 Å². The van der Waals surface area contributed by atoms with Crippen molar-refractivity contribution in [3.63, 3.8) is 0 Å². The fourth-order valence-electron chi connectivity index (χ4n) is 2.17. The van der Waals surface area contributed by atoms with Gasteiger partial charge in [0, 0.05) is 5.56 Å². The van der Waals surface area contributed by atoms with Crippen LogP contribution in [0.4, 0.5) is 10.1 Å². The van der Waals surface area contributed by atoms with Gasteiger partial charge in [-0.2, -0.15) is 0 Å². The van der Waals surface area contributed by atoms with Crippen LogP contribution in [0.1, 0.15) is 5.56 Å². The number of benzene rings is 2. The van der Waals surface area contributed by atoms with E-state index in [1.54, 1.807) is 29.2 Å². The lowest BCUT2D eigenvalue weighted by atomic mass is 10.1. The molecule has 0 saturated carbocycles. The minimum atomic E-state index is -0.316. The average molecular weight is 336 g/mol. The molecule has 0 aromatic heterocycles. The van der Waals surface area contributed by atoms with Gasteiger partial charge in [-0.1, -0.05) is 24.3 Å². The minimum absolute atomic E-state index is 0.0376. The van der Waals surface area contributed by atoms with Crippen LogP contribution in [-0.4, -0.2) is 12.5 Å². The van der Waals surface area contributed by atoms with Crippen LogP contribution >= 0.6 is 15.9 Å². The van der Waals surface area contributed by atoms with Crippen LogP contribution in [0.5, 0.6) is 5.75 Å².